The molecule has 0 saturated heterocycles. The van der Waals surface area contributed by atoms with Crippen molar-refractivity contribution in [3.8, 4) is 0 Å². The van der Waals surface area contributed by atoms with Crippen LogP contribution in [0.5, 0.6) is 0 Å². The zero-order valence-corrected chi connectivity index (χ0v) is 13.1. The number of nitrogens with one attached hydrogen (secondary N) is 1. The van der Waals surface area contributed by atoms with Crippen molar-refractivity contribution < 1.29 is 4.21 Å². The topological polar surface area (TPSA) is 29.1 Å². The molecule has 0 saturated carbocycles. The molecule has 0 unspecified atom stereocenters. The van der Waals surface area contributed by atoms with E-state index in [2.05, 4.69) is 33.4 Å². The quantitative estimate of drug-likeness (QED) is 0.904. The smallest absolute Gasteiger partial charge is 0.0498 e. The molecule has 2 rings (SSSR count). The van der Waals surface area contributed by atoms with Crippen LogP contribution in [0.2, 0.25) is 0 Å². The summed E-state index contributed by atoms with van der Waals surface area (Å²) in [5, 5.41) is 3.39. The highest BCUT2D eigenvalue weighted by Crippen LogP contribution is 2.11. The van der Waals surface area contributed by atoms with Crippen LogP contribution in [0.4, 0.5) is 0 Å². The predicted molar refractivity (Wildman–Crippen MR) is 83.5 cm³/mol. The van der Waals surface area contributed by atoms with Gasteiger partial charge >= 0.3 is 0 Å². The van der Waals surface area contributed by atoms with E-state index in [9.17, 15) is 4.21 Å². The van der Waals surface area contributed by atoms with Crippen molar-refractivity contribution in [2.24, 2.45) is 0 Å². The van der Waals surface area contributed by atoms with E-state index in [0.29, 0.717) is 0 Å². The molecular weight excluding hydrogens is 322 g/mol. The van der Waals surface area contributed by atoms with E-state index in [1.54, 1.807) is 6.26 Å². The molecule has 0 aliphatic rings. The molecule has 2 nitrogen and oxygen atoms in total. The Balaban J connectivity index is 1.85. The van der Waals surface area contributed by atoms with Gasteiger partial charge in [-0.2, -0.15) is 0 Å². The summed E-state index contributed by atoms with van der Waals surface area (Å²) in [5.74, 6) is 0. The lowest BCUT2D eigenvalue weighted by Gasteiger charge is -2.06. The number of hydrogen-bond donors (Lipinski definition) is 1. The summed E-state index contributed by atoms with van der Waals surface area (Å²) < 4.78 is 12.4. The van der Waals surface area contributed by atoms with Crippen LogP contribution in [0.15, 0.2) is 57.9 Å². The molecule has 0 fully saturated rings. The van der Waals surface area contributed by atoms with E-state index in [-0.39, 0.29) is 0 Å². The van der Waals surface area contributed by atoms with Crippen molar-refractivity contribution in [3.05, 3.63) is 64.1 Å². The minimum absolute atomic E-state index is 0.812. The largest absolute Gasteiger partial charge is 0.309 e. The van der Waals surface area contributed by atoms with E-state index in [0.717, 1.165) is 22.5 Å². The second kappa shape index (κ2) is 6.98. The van der Waals surface area contributed by atoms with Gasteiger partial charge in [-0.15, -0.1) is 0 Å². The van der Waals surface area contributed by atoms with Crippen molar-refractivity contribution in [3.63, 3.8) is 0 Å². The fraction of sp³-hybridized carbons (Fsp3) is 0.200. The number of halogens is 1. The summed E-state index contributed by atoms with van der Waals surface area (Å²) in [7, 11) is -0.900. The Morgan fingerprint density at radius 2 is 1.42 bits per heavy atom. The van der Waals surface area contributed by atoms with Crippen molar-refractivity contribution in [1.29, 1.82) is 0 Å². The Kier molecular flexibility index (Phi) is 5.31. The monoisotopic (exact) mass is 337 g/mol. The van der Waals surface area contributed by atoms with E-state index < -0.39 is 10.8 Å². The first-order valence-electron chi connectivity index (χ1n) is 6.02. The van der Waals surface area contributed by atoms with Crippen LogP contribution >= 0.6 is 15.9 Å². The second-order valence-corrected chi connectivity index (χ2v) is 6.62. The fourth-order valence-corrected chi connectivity index (χ4v) is 2.54. The van der Waals surface area contributed by atoms with Crippen LogP contribution in [0.1, 0.15) is 11.1 Å². The molecule has 0 bridgehead atoms. The zero-order chi connectivity index (χ0) is 13.7. The lowest BCUT2D eigenvalue weighted by atomic mass is 10.2. The highest BCUT2D eigenvalue weighted by molar-refractivity contribution is 9.10. The number of hydrogen-bond acceptors (Lipinski definition) is 2. The molecule has 0 heterocycles. The molecule has 0 aromatic heterocycles. The average molecular weight is 338 g/mol. The van der Waals surface area contributed by atoms with Crippen LogP contribution < -0.4 is 5.32 Å². The van der Waals surface area contributed by atoms with Gasteiger partial charge in [0.05, 0.1) is 0 Å². The maximum atomic E-state index is 11.3. The molecule has 0 spiro atoms. The van der Waals surface area contributed by atoms with Gasteiger partial charge in [-0.05, 0) is 35.4 Å². The highest BCUT2D eigenvalue weighted by atomic mass is 79.9. The van der Waals surface area contributed by atoms with Crippen molar-refractivity contribution in [2.75, 3.05) is 6.26 Å². The molecule has 19 heavy (non-hydrogen) atoms. The summed E-state index contributed by atoms with van der Waals surface area (Å²) in [4.78, 5) is 0.872. The fourth-order valence-electron chi connectivity index (χ4n) is 1.75. The van der Waals surface area contributed by atoms with Gasteiger partial charge in [0.15, 0.2) is 0 Å². The third-order valence-corrected chi connectivity index (χ3v) is 4.29. The van der Waals surface area contributed by atoms with E-state index in [1.807, 2.05) is 36.4 Å². The first-order valence-corrected chi connectivity index (χ1v) is 8.38. The van der Waals surface area contributed by atoms with Crippen molar-refractivity contribution >= 4 is 26.7 Å². The molecule has 4 heteroatoms. The predicted octanol–water partition coefficient (Wildman–Crippen LogP) is 3.48. The Labute approximate surface area is 124 Å². The van der Waals surface area contributed by atoms with Crippen LogP contribution in [0, 0.1) is 0 Å². The van der Waals surface area contributed by atoms with Gasteiger partial charge in [-0.1, -0.05) is 40.2 Å². The molecular formula is C15H16BrNOS. The minimum Gasteiger partial charge on any atom is -0.309 e. The molecule has 0 aliphatic carbocycles. The standard InChI is InChI=1S/C15H16BrNOS/c1-19(18)15-8-4-13(5-9-15)11-17-10-12-2-6-14(16)7-3-12/h2-9,17H,10-11H2,1H3/t19-/m0/s1. The lowest BCUT2D eigenvalue weighted by molar-refractivity contribution is 0.685. The van der Waals surface area contributed by atoms with Gasteiger partial charge in [0.1, 0.15) is 0 Å². The Hall–Kier alpha value is -0.970. The molecule has 0 amide bonds. The third kappa shape index (κ3) is 4.56. The molecule has 2 aromatic carbocycles. The van der Waals surface area contributed by atoms with Crippen LogP contribution in [-0.4, -0.2) is 10.5 Å². The van der Waals surface area contributed by atoms with Gasteiger partial charge in [0, 0.05) is 39.5 Å². The maximum absolute atomic E-state index is 11.3. The Bertz CT molecular complexity index is 551. The van der Waals surface area contributed by atoms with Crippen LogP contribution in [0.3, 0.4) is 0 Å². The van der Waals surface area contributed by atoms with Gasteiger partial charge < -0.3 is 5.32 Å². The summed E-state index contributed by atoms with van der Waals surface area (Å²) in [6.07, 6.45) is 1.70. The van der Waals surface area contributed by atoms with E-state index >= 15 is 0 Å². The summed E-state index contributed by atoms with van der Waals surface area (Å²) >= 11 is 3.42. The van der Waals surface area contributed by atoms with Gasteiger partial charge in [-0.3, -0.25) is 4.21 Å². The first-order chi connectivity index (χ1) is 9.15. The molecule has 1 atom stereocenters. The summed E-state index contributed by atoms with van der Waals surface area (Å²) in [6, 6.07) is 16.2. The summed E-state index contributed by atoms with van der Waals surface area (Å²) in [5.41, 5.74) is 2.46. The van der Waals surface area contributed by atoms with Crippen LogP contribution in [-0.2, 0) is 23.9 Å². The number of rotatable bonds is 5. The zero-order valence-electron chi connectivity index (χ0n) is 10.7. The molecule has 1 N–H and O–H groups in total. The van der Waals surface area contributed by atoms with Gasteiger partial charge in [0.25, 0.3) is 0 Å². The molecule has 2 aromatic rings. The van der Waals surface area contributed by atoms with E-state index in [1.165, 1.54) is 11.1 Å². The molecule has 0 radical (unpaired) electrons. The SMILES string of the molecule is C[S@](=O)c1ccc(CNCc2ccc(Br)cc2)cc1. The molecule has 100 valence electrons. The number of benzene rings is 2. The van der Waals surface area contributed by atoms with Crippen molar-refractivity contribution in [2.45, 2.75) is 18.0 Å². The highest BCUT2D eigenvalue weighted by Gasteiger charge is 1.98. The average Bonchev–Trinajstić information content (AvgIpc) is 2.41. The molecule has 0 aliphatic heterocycles. The van der Waals surface area contributed by atoms with Gasteiger partial charge in [0.2, 0.25) is 0 Å². The first kappa shape index (κ1) is 14.4. The summed E-state index contributed by atoms with van der Waals surface area (Å²) in [6.45, 7) is 1.65. The lowest BCUT2D eigenvalue weighted by Crippen LogP contribution is -2.12. The van der Waals surface area contributed by atoms with Crippen molar-refractivity contribution in [1.82, 2.24) is 5.32 Å². The Morgan fingerprint density at radius 1 is 0.947 bits per heavy atom. The third-order valence-electron chi connectivity index (χ3n) is 2.83. The normalized spacial score (nSPS) is 12.3. The van der Waals surface area contributed by atoms with Crippen LogP contribution in [0.25, 0.3) is 0 Å². The van der Waals surface area contributed by atoms with Gasteiger partial charge in [-0.25, -0.2) is 0 Å². The second-order valence-electron chi connectivity index (χ2n) is 4.33. The Morgan fingerprint density at radius 3 is 1.89 bits per heavy atom. The minimum atomic E-state index is -0.900. The maximum Gasteiger partial charge on any atom is 0.0498 e. The van der Waals surface area contributed by atoms with E-state index in [4.69, 9.17) is 0 Å².